The van der Waals surface area contributed by atoms with Crippen molar-refractivity contribution in [2.45, 2.75) is 32.9 Å². The Morgan fingerprint density at radius 1 is 1.21 bits per heavy atom. The molecule has 1 aliphatic rings. The van der Waals surface area contributed by atoms with E-state index in [1.54, 1.807) is 0 Å². The summed E-state index contributed by atoms with van der Waals surface area (Å²) < 4.78 is 15.2. The van der Waals surface area contributed by atoms with Crippen LogP contribution < -0.4 is 11.2 Å². The van der Waals surface area contributed by atoms with Crippen molar-refractivity contribution in [1.82, 2.24) is 9.13 Å². The number of rotatable bonds is 5. The van der Waals surface area contributed by atoms with Gasteiger partial charge in [0.1, 0.15) is 11.5 Å². The molecule has 0 aliphatic heterocycles. The van der Waals surface area contributed by atoms with E-state index in [0.29, 0.717) is 18.0 Å². The van der Waals surface area contributed by atoms with Crippen molar-refractivity contribution in [2.75, 3.05) is 0 Å². The molecule has 0 bridgehead atoms. The summed E-state index contributed by atoms with van der Waals surface area (Å²) >= 11 is 0. The molecule has 0 atom stereocenters. The fourth-order valence-electron chi connectivity index (χ4n) is 2.68. The van der Waals surface area contributed by atoms with E-state index in [2.05, 4.69) is 0 Å². The molecule has 8 heteroatoms. The smallest absolute Gasteiger partial charge is 0.291 e. The van der Waals surface area contributed by atoms with Crippen molar-refractivity contribution < 1.29 is 9.31 Å². The standard InChI is InChI=1S/C16H16FN3O4/c1-10-14(20(23)24)15(21)19(9-12-4-6-13(17)7-5-12)16(22)18(10)8-11-2-3-11/h4-7,11H,2-3,8-9H2,1H3. The highest BCUT2D eigenvalue weighted by Gasteiger charge is 2.29. The zero-order valence-electron chi connectivity index (χ0n) is 13.1. The molecule has 126 valence electrons. The third-order valence-corrected chi connectivity index (χ3v) is 4.23. The van der Waals surface area contributed by atoms with E-state index in [-0.39, 0.29) is 12.2 Å². The van der Waals surface area contributed by atoms with Gasteiger partial charge >= 0.3 is 16.9 Å². The average molecular weight is 333 g/mol. The second-order valence-corrected chi connectivity index (χ2v) is 6.05. The average Bonchev–Trinajstić information content (AvgIpc) is 3.34. The molecule has 1 aliphatic carbocycles. The van der Waals surface area contributed by atoms with Crippen molar-refractivity contribution in [3.05, 3.63) is 72.3 Å². The van der Waals surface area contributed by atoms with Crippen LogP contribution in [0.5, 0.6) is 0 Å². The number of hydrogen-bond acceptors (Lipinski definition) is 4. The molecule has 2 aromatic rings. The minimum absolute atomic E-state index is 0.0808. The summed E-state index contributed by atoms with van der Waals surface area (Å²) in [7, 11) is 0. The van der Waals surface area contributed by atoms with Gasteiger partial charge in [-0.25, -0.2) is 13.8 Å². The predicted molar refractivity (Wildman–Crippen MR) is 84.6 cm³/mol. The first-order valence-electron chi connectivity index (χ1n) is 7.61. The Morgan fingerprint density at radius 3 is 2.38 bits per heavy atom. The van der Waals surface area contributed by atoms with Crippen LogP contribution in [0.25, 0.3) is 0 Å². The number of hydrogen-bond donors (Lipinski definition) is 0. The molecule has 24 heavy (non-hydrogen) atoms. The van der Waals surface area contributed by atoms with E-state index in [1.807, 2.05) is 0 Å². The monoisotopic (exact) mass is 333 g/mol. The summed E-state index contributed by atoms with van der Waals surface area (Å²) in [4.78, 5) is 35.6. The Bertz CT molecular complexity index is 911. The highest BCUT2D eigenvalue weighted by molar-refractivity contribution is 5.32. The Balaban J connectivity index is 2.14. The van der Waals surface area contributed by atoms with Gasteiger partial charge in [0, 0.05) is 6.54 Å². The van der Waals surface area contributed by atoms with Crippen molar-refractivity contribution in [1.29, 1.82) is 0 Å². The van der Waals surface area contributed by atoms with Crippen LogP contribution in [-0.4, -0.2) is 14.1 Å². The lowest BCUT2D eigenvalue weighted by molar-refractivity contribution is -0.387. The first-order chi connectivity index (χ1) is 11.4. The van der Waals surface area contributed by atoms with E-state index in [4.69, 9.17) is 0 Å². The highest BCUT2D eigenvalue weighted by Crippen LogP contribution is 2.30. The molecule has 0 radical (unpaired) electrons. The summed E-state index contributed by atoms with van der Waals surface area (Å²) in [6.07, 6.45) is 1.94. The van der Waals surface area contributed by atoms with Crippen LogP contribution in [0.3, 0.4) is 0 Å². The van der Waals surface area contributed by atoms with E-state index < -0.39 is 27.7 Å². The minimum Gasteiger partial charge on any atom is -0.291 e. The summed E-state index contributed by atoms with van der Waals surface area (Å²) in [6.45, 7) is 1.66. The molecule has 1 fully saturated rings. The molecule has 0 unspecified atom stereocenters. The van der Waals surface area contributed by atoms with Gasteiger partial charge in [-0.1, -0.05) is 12.1 Å². The normalized spacial score (nSPS) is 13.9. The summed E-state index contributed by atoms with van der Waals surface area (Å²) in [5, 5.41) is 11.3. The van der Waals surface area contributed by atoms with Gasteiger partial charge in [-0.2, -0.15) is 0 Å². The number of benzene rings is 1. The van der Waals surface area contributed by atoms with E-state index >= 15 is 0 Å². The maximum Gasteiger partial charge on any atom is 0.353 e. The van der Waals surface area contributed by atoms with Crippen LogP contribution in [0.15, 0.2) is 33.9 Å². The minimum atomic E-state index is -0.932. The molecule has 1 heterocycles. The molecule has 1 aromatic carbocycles. The second-order valence-electron chi connectivity index (χ2n) is 6.05. The number of halogens is 1. The Morgan fingerprint density at radius 2 is 1.83 bits per heavy atom. The van der Waals surface area contributed by atoms with Crippen LogP contribution in [0.2, 0.25) is 0 Å². The molecule has 0 saturated heterocycles. The Kier molecular flexibility index (Phi) is 4.04. The fourth-order valence-corrected chi connectivity index (χ4v) is 2.68. The zero-order chi connectivity index (χ0) is 17.4. The van der Waals surface area contributed by atoms with E-state index in [1.165, 1.54) is 35.8 Å². The third-order valence-electron chi connectivity index (χ3n) is 4.23. The molecule has 1 aromatic heterocycles. The lowest BCUT2D eigenvalue weighted by Crippen LogP contribution is -2.42. The van der Waals surface area contributed by atoms with Crippen molar-refractivity contribution in [3.8, 4) is 0 Å². The molecular weight excluding hydrogens is 317 g/mol. The fraction of sp³-hybridized carbons (Fsp3) is 0.375. The van der Waals surface area contributed by atoms with Crippen molar-refractivity contribution in [2.24, 2.45) is 5.92 Å². The number of nitrogens with zero attached hydrogens (tertiary/aromatic N) is 3. The van der Waals surface area contributed by atoms with E-state index in [9.17, 15) is 24.1 Å². The second kappa shape index (κ2) is 6.03. The molecular formula is C16H16FN3O4. The summed E-state index contributed by atoms with van der Waals surface area (Å²) in [5.74, 6) is -0.120. The summed E-state index contributed by atoms with van der Waals surface area (Å²) in [6, 6.07) is 5.31. The van der Waals surface area contributed by atoms with E-state index in [0.717, 1.165) is 17.4 Å². The lowest BCUT2D eigenvalue weighted by atomic mass is 10.2. The van der Waals surface area contributed by atoms with Crippen LogP contribution in [0.4, 0.5) is 10.1 Å². The number of nitro groups is 1. The van der Waals surface area contributed by atoms with Crippen LogP contribution >= 0.6 is 0 Å². The molecule has 0 amide bonds. The first-order valence-corrected chi connectivity index (χ1v) is 7.61. The van der Waals surface area contributed by atoms with Gasteiger partial charge in [-0.3, -0.25) is 19.5 Å². The van der Waals surface area contributed by atoms with Crippen LogP contribution in [-0.2, 0) is 13.1 Å². The van der Waals surface area contributed by atoms with Crippen LogP contribution in [0.1, 0.15) is 24.1 Å². The molecule has 3 rings (SSSR count). The third kappa shape index (κ3) is 2.99. The molecule has 1 saturated carbocycles. The Labute approximate surface area is 136 Å². The maximum absolute atomic E-state index is 13.0. The van der Waals surface area contributed by atoms with Gasteiger partial charge in [0.05, 0.1) is 11.5 Å². The van der Waals surface area contributed by atoms with Gasteiger partial charge in [0.25, 0.3) is 0 Å². The van der Waals surface area contributed by atoms with Gasteiger partial charge in [-0.15, -0.1) is 0 Å². The largest absolute Gasteiger partial charge is 0.353 e. The summed E-state index contributed by atoms with van der Waals surface area (Å²) in [5.41, 5.74) is -1.49. The van der Waals surface area contributed by atoms with Crippen molar-refractivity contribution in [3.63, 3.8) is 0 Å². The van der Waals surface area contributed by atoms with Gasteiger partial charge in [-0.05, 0) is 43.4 Å². The van der Waals surface area contributed by atoms with Gasteiger partial charge < -0.3 is 0 Å². The number of aromatic nitrogens is 2. The molecule has 7 nitrogen and oxygen atoms in total. The topological polar surface area (TPSA) is 87.1 Å². The Hall–Kier alpha value is -2.77. The quantitative estimate of drug-likeness (QED) is 0.617. The first kappa shape index (κ1) is 16.1. The SMILES string of the molecule is Cc1c([N+](=O)[O-])c(=O)n(Cc2ccc(F)cc2)c(=O)n1CC1CC1. The van der Waals surface area contributed by atoms with Crippen LogP contribution in [0, 0.1) is 28.8 Å². The van der Waals surface area contributed by atoms with Crippen molar-refractivity contribution >= 4 is 5.69 Å². The lowest BCUT2D eigenvalue weighted by Gasteiger charge is -2.13. The highest BCUT2D eigenvalue weighted by atomic mass is 19.1. The zero-order valence-corrected chi connectivity index (χ0v) is 13.1. The van der Waals surface area contributed by atoms with Gasteiger partial charge in [0.15, 0.2) is 0 Å². The maximum atomic E-state index is 13.0. The molecule has 0 spiro atoms. The molecule has 0 N–H and O–H groups in total. The predicted octanol–water partition coefficient (Wildman–Crippen LogP) is 1.82. The van der Waals surface area contributed by atoms with Gasteiger partial charge in [0.2, 0.25) is 0 Å².